The molecule has 108 valence electrons. The second kappa shape index (κ2) is 6.50. The predicted molar refractivity (Wildman–Crippen MR) is 70.4 cm³/mol. The summed E-state index contributed by atoms with van der Waals surface area (Å²) in [6.45, 7) is 3.26. The Morgan fingerprint density at radius 1 is 1.40 bits per heavy atom. The quantitative estimate of drug-likeness (QED) is 0.537. The third kappa shape index (κ3) is 3.94. The summed E-state index contributed by atoms with van der Waals surface area (Å²) in [5, 5.41) is 25.1. The highest BCUT2D eigenvalue weighted by Gasteiger charge is 2.21. The zero-order valence-corrected chi connectivity index (χ0v) is 11.0. The summed E-state index contributed by atoms with van der Waals surface area (Å²) in [5.74, 6) is -1.87. The summed E-state index contributed by atoms with van der Waals surface area (Å²) in [6, 6.07) is 3.53. The molecule has 0 spiro atoms. The maximum Gasteiger partial charge on any atom is 0.311 e. The van der Waals surface area contributed by atoms with Gasteiger partial charge in [-0.1, -0.05) is 6.07 Å². The molecule has 0 radical (unpaired) electrons. The molecular weight excluding hydrogens is 266 g/mol. The van der Waals surface area contributed by atoms with Crippen LogP contribution in [0, 0.1) is 10.1 Å². The first-order valence-electron chi connectivity index (χ1n) is 5.87. The van der Waals surface area contributed by atoms with Gasteiger partial charge in [-0.25, -0.2) is 0 Å². The molecule has 1 aromatic rings. The maximum absolute atomic E-state index is 11.8. The summed E-state index contributed by atoms with van der Waals surface area (Å²) < 4.78 is 0. The molecule has 1 aromatic carbocycles. The number of phenolic OH excluding ortho intramolecular Hbond substituents is 1. The van der Waals surface area contributed by atoms with Crippen molar-refractivity contribution < 1.29 is 19.6 Å². The number of rotatable bonds is 5. The van der Waals surface area contributed by atoms with Gasteiger partial charge in [0, 0.05) is 12.1 Å². The van der Waals surface area contributed by atoms with Crippen LogP contribution in [-0.2, 0) is 4.79 Å². The average Bonchev–Trinajstić information content (AvgIpc) is 2.35. The van der Waals surface area contributed by atoms with Gasteiger partial charge < -0.3 is 15.7 Å². The molecule has 8 nitrogen and oxygen atoms in total. The van der Waals surface area contributed by atoms with Crippen molar-refractivity contribution in [2.75, 3.05) is 6.54 Å². The number of hydrogen-bond donors (Lipinski definition) is 3. The largest absolute Gasteiger partial charge is 0.502 e. The number of para-hydroxylation sites is 1. The van der Waals surface area contributed by atoms with Crippen molar-refractivity contribution in [2.24, 2.45) is 0 Å². The molecule has 0 fully saturated rings. The van der Waals surface area contributed by atoms with Crippen LogP contribution in [0.1, 0.15) is 24.2 Å². The van der Waals surface area contributed by atoms with Gasteiger partial charge in [0.25, 0.3) is 5.91 Å². The number of carbonyl (C=O) groups is 2. The highest BCUT2D eigenvalue weighted by atomic mass is 16.6. The Morgan fingerprint density at radius 3 is 2.60 bits per heavy atom. The second-order valence-corrected chi connectivity index (χ2v) is 4.34. The minimum Gasteiger partial charge on any atom is -0.502 e. The van der Waals surface area contributed by atoms with E-state index in [4.69, 9.17) is 0 Å². The Hall–Kier alpha value is -2.64. The van der Waals surface area contributed by atoms with Crippen LogP contribution < -0.4 is 10.6 Å². The number of aromatic hydroxyl groups is 1. The predicted octanol–water partition coefficient (Wildman–Crippen LogP) is 0.555. The fourth-order valence-electron chi connectivity index (χ4n) is 1.49. The molecule has 0 aliphatic rings. The molecule has 0 saturated heterocycles. The van der Waals surface area contributed by atoms with E-state index in [9.17, 15) is 24.8 Å². The number of amides is 2. The zero-order valence-electron chi connectivity index (χ0n) is 11.0. The fourth-order valence-corrected chi connectivity index (χ4v) is 1.49. The van der Waals surface area contributed by atoms with Gasteiger partial charge >= 0.3 is 5.69 Å². The molecule has 0 bridgehead atoms. The first kappa shape index (κ1) is 15.4. The molecule has 3 N–H and O–H groups in total. The summed E-state index contributed by atoms with van der Waals surface area (Å²) in [4.78, 5) is 32.9. The molecule has 0 aliphatic heterocycles. The van der Waals surface area contributed by atoms with E-state index in [2.05, 4.69) is 10.6 Å². The van der Waals surface area contributed by atoms with E-state index in [1.807, 2.05) is 0 Å². The van der Waals surface area contributed by atoms with Crippen LogP contribution in [0.25, 0.3) is 0 Å². The number of hydrogen-bond acceptors (Lipinski definition) is 5. The molecule has 0 aliphatic carbocycles. The van der Waals surface area contributed by atoms with E-state index in [0.29, 0.717) is 0 Å². The fraction of sp³-hybridized carbons (Fsp3) is 0.333. The van der Waals surface area contributed by atoms with Crippen LogP contribution in [0.5, 0.6) is 5.75 Å². The standard InChI is InChI=1S/C12H15N3O5/c1-7(2)14-10(16)6-13-12(18)8-4-3-5-9(11(8)17)15(19)20/h3-5,7,17H,6H2,1-2H3,(H,13,18)(H,14,16). The van der Waals surface area contributed by atoms with Gasteiger partial charge in [0.05, 0.1) is 17.0 Å². The van der Waals surface area contributed by atoms with Crippen LogP contribution in [0.15, 0.2) is 18.2 Å². The van der Waals surface area contributed by atoms with E-state index < -0.39 is 28.2 Å². The first-order valence-corrected chi connectivity index (χ1v) is 5.87. The molecule has 0 aromatic heterocycles. The molecule has 8 heteroatoms. The van der Waals surface area contributed by atoms with Gasteiger partial charge in [-0.3, -0.25) is 19.7 Å². The molecule has 20 heavy (non-hydrogen) atoms. The molecule has 0 heterocycles. The van der Waals surface area contributed by atoms with Crippen molar-refractivity contribution >= 4 is 17.5 Å². The molecule has 0 atom stereocenters. The summed E-state index contributed by atoms with van der Waals surface area (Å²) in [5.41, 5.74) is -0.819. The van der Waals surface area contributed by atoms with Crippen molar-refractivity contribution in [2.45, 2.75) is 19.9 Å². The van der Waals surface area contributed by atoms with Gasteiger partial charge in [-0.15, -0.1) is 0 Å². The Morgan fingerprint density at radius 2 is 2.05 bits per heavy atom. The Labute approximate surface area is 114 Å². The molecule has 2 amide bonds. The zero-order chi connectivity index (χ0) is 15.3. The van der Waals surface area contributed by atoms with Crippen molar-refractivity contribution in [1.29, 1.82) is 0 Å². The van der Waals surface area contributed by atoms with E-state index in [-0.39, 0.29) is 18.2 Å². The van der Waals surface area contributed by atoms with Crippen molar-refractivity contribution in [1.82, 2.24) is 10.6 Å². The van der Waals surface area contributed by atoms with Crippen molar-refractivity contribution in [3.05, 3.63) is 33.9 Å². The van der Waals surface area contributed by atoms with Gasteiger partial charge in [-0.05, 0) is 19.9 Å². The average molecular weight is 281 g/mol. The number of nitro groups is 1. The Kier molecular flexibility index (Phi) is 5.01. The second-order valence-electron chi connectivity index (χ2n) is 4.34. The minimum atomic E-state index is -0.794. The van der Waals surface area contributed by atoms with Gasteiger partial charge in [0.2, 0.25) is 11.7 Å². The lowest BCUT2D eigenvalue weighted by molar-refractivity contribution is -0.385. The maximum atomic E-state index is 11.8. The lowest BCUT2D eigenvalue weighted by Gasteiger charge is -2.09. The van der Waals surface area contributed by atoms with Crippen LogP contribution in [0.4, 0.5) is 5.69 Å². The third-order valence-corrected chi connectivity index (χ3v) is 2.32. The Balaban J connectivity index is 2.76. The van der Waals surface area contributed by atoms with Gasteiger partial charge in [-0.2, -0.15) is 0 Å². The number of nitrogens with one attached hydrogen (secondary N) is 2. The molecule has 0 unspecified atom stereocenters. The van der Waals surface area contributed by atoms with E-state index >= 15 is 0 Å². The number of carbonyl (C=O) groups excluding carboxylic acids is 2. The van der Waals surface area contributed by atoms with Crippen LogP contribution >= 0.6 is 0 Å². The molecular formula is C12H15N3O5. The monoisotopic (exact) mass is 281 g/mol. The summed E-state index contributed by atoms with van der Waals surface area (Å²) in [6.07, 6.45) is 0. The lowest BCUT2D eigenvalue weighted by Crippen LogP contribution is -2.39. The topological polar surface area (TPSA) is 122 Å². The Bertz CT molecular complexity index is 542. The van der Waals surface area contributed by atoms with E-state index in [1.165, 1.54) is 12.1 Å². The third-order valence-electron chi connectivity index (χ3n) is 2.32. The summed E-state index contributed by atoms with van der Waals surface area (Å²) >= 11 is 0. The van der Waals surface area contributed by atoms with Gasteiger partial charge in [0.1, 0.15) is 0 Å². The minimum absolute atomic E-state index is 0.0642. The highest BCUT2D eigenvalue weighted by molar-refractivity contribution is 5.99. The van der Waals surface area contributed by atoms with E-state index in [0.717, 1.165) is 6.07 Å². The molecule has 1 rings (SSSR count). The van der Waals surface area contributed by atoms with Crippen LogP contribution in [-0.4, -0.2) is 34.4 Å². The lowest BCUT2D eigenvalue weighted by atomic mass is 10.1. The summed E-state index contributed by atoms with van der Waals surface area (Å²) in [7, 11) is 0. The van der Waals surface area contributed by atoms with E-state index in [1.54, 1.807) is 13.8 Å². The SMILES string of the molecule is CC(C)NC(=O)CNC(=O)c1cccc([N+](=O)[O-])c1O. The van der Waals surface area contributed by atoms with Crippen LogP contribution in [0.3, 0.4) is 0 Å². The van der Waals surface area contributed by atoms with Crippen molar-refractivity contribution in [3.63, 3.8) is 0 Å². The smallest absolute Gasteiger partial charge is 0.311 e. The number of nitrogens with zero attached hydrogens (tertiary/aromatic N) is 1. The van der Waals surface area contributed by atoms with Crippen LogP contribution in [0.2, 0.25) is 0 Å². The number of benzene rings is 1. The van der Waals surface area contributed by atoms with Crippen molar-refractivity contribution in [3.8, 4) is 5.75 Å². The highest BCUT2D eigenvalue weighted by Crippen LogP contribution is 2.28. The van der Waals surface area contributed by atoms with Gasteiger partial charge in [0.15, 0.2) is 0 Å². The number of nitro benzene ring substituents is 1. The molecule has 0 saturated carbocycles. The normalized spacial score (nSPS) is 10.2. The first-order chi connectivity index (χ1) is 9.32. The number of phenols is 1.